The maximum Gasteiger partial charge on any atom is 0.266 e. The SMILES string of the molecule is Cn1cc(S(=O)(=O)N2CCN(CCn3nc(-n4cccn4)ccc3=O)CC2)cn1. The van der Waals surface area contributed by atoms with Gasteiger partial charge in [0.15, 0.2) is 5.82 Å². The Balaban J connectivity index is 1.36. The van der Waals surface area contributed by atoms with Crippen LogP contribution in [0, 0.1) is 0 Å². The molecule has 154 valence electrons. The molecule has 1 aliphatic rings. The van der Waals surface area contributed by atoms with Gasteiger partial charge in [-0.1, -0.05) is 0 Å². The van der Waals surface area contributed by atoms with Gasteiger partial charge in [-0.15, -0.1) is 5.10 Å². The average Bonchev–Trinajstić information content (AvgIpc) is 3.40. The van der Waals surface area contributed by atoms with Gasteiger partial charge in [0.2, 0.25) is 10.0 Å². The summed E-state index contributed by atoms with van der Waals surface area (Å²) in [5.74, 6) is 0.571. The van der Waals surface area contributed by atoms with Gasteiger partial charge in [0.05, 0.1) is 12.7 Å². The molecule has 0 atom stereocenters. The van der Waals surface area contributed by atoms with Crippen molar-refractivity contribution in [3.05, 3.63) is 53.3 Å². The fourth-order valence-corrected chi connectivity index (χ4v) is 4.64. The number of piperazine rings is 1. The second-order valence-electron chi connectivity index (χ2n) is 6.80. The zero-order valence-corrected chi connectivity index (χ0v) is 16.8. The van der Waals surface area contributed by atoms with Crippen molar-refractivity contribution in [2.45, 2.75) is 11.4 Å². The first kappa shape index (κ1) is 19.5. The summed E-state index contributed by atoms with van der Waals surface area (Å²) in [5, 5.41) is 12.4. The molecule has 0 aliphatic carbocycles. The Morgan fingerprint density at radius 3 is 2.52 bits per heavy atom. The fraction of sp³-hybridized carbons (Fsp3) is 0.412. The first-order valence-electron chi connectivity index (χ1n) is 9.23. The smallest absolute Gasteiger partial charge is 0.266 e. The molecule has 0 N–H and O–H groups in total. The van der Waals surface area contributed by atoms with Gasteiger partial charge in [-0.25, -0.2) is 17.8 Å². The molecule has 1 saturated heterocycles. The number of hydrogen-bond donors (Lipinski definition) is 0. The molecule has 29 heavy (non-hydrogen) atoms. The topological polar surface area (TPSA) is 111 Å². The first-order chi connectivity index (χ1) is 13.9. The third-order valence-electron chi connectivity index (χ3n) is 4.87. The van der Waals surface area contributed by atoms with Crippen molar-refractivity contribution in [1.29, 1.82) is 0 Å². The lowest BCUT2D eigenvalue weighted by Gasteiger charge is -2.33. The lowest BCUT2D eigenvalue weighted by atomic mass is 10.3. The van der Waals surface area contributed by atoms with Crippen LogP contribution in [0.15, 0.2) is 52.7 Å². The Kier molecular flexibility index (Phi) is 5.30. The summed E-state index contributed by atoms with van der Waals surface area (Å²) in [5.41, 5.74) is -0.182. The van der Waals surface area contributed by atoms with E-state index in [9.17, 15) is 13.2 Å². The predicted molar refractivity (Wildman–Crippen MR) is 104 cm³/mol. The normalized spacial score (nSPS) is 16.3. The van der Waals surface area contributed by atoms with Crippen LogP contribution in [0.25, 0.3) is 5.82 Å². The molecule has 4 rings (SSSR count). The van der Waals surface area contributed by atoms with E-state index in [0.717, 1.165) is 0 Å². The van der Waals surface area contributed by atoms with E-state index in [2.05, 4.69) is 20.2 Å². The zero-order chi connectivity index (χ0) is 20.4. The maximum atomic E-state index is 12.7. The average molecular weight is 418 g/mol. The van der Waals surface area contributed by atoms with E-state index in [1.54, 1.807) is 36.3 Å². The number of nitrogens with zero attached hydrogens (tertiary/aromatic N) is 8. The fourth-order valence-electron chi connectivity index (χ4n) is 3.24. The van der Waals surface area contributed by atoms with E-state index < -0.39 is 10.0 Å². The van der Waals surface area contributed by atoms with Crippen LogP contribution in [0.5, 0.6) is 0 Å². The highest BCUT2D eigenvalue weighted by atomic mass is 32.2. The number of hydrogen-bond acceptors (Lipinski definition) is 7. The van der Waals surface area contributed by atoms with Crippen LogP contribution in [0.3, 0.4) is 0 Å². The highest BCUT2D eigenvalue weighted by molar-refractivity contribution is 7.89. The minimum atomic E-state index is -3.52. The van der Waals surface area contributed by atoms with Gasteiger partial charge in [-0.3, -0.25) is 14.4 Å². The maximum absolute atomic E-state index is 12.7. The second kappa shape index (κ2) is 7.89. The van der Waals surface area contributed by atoms with Crippen molar-refractivity contribution in [2.24, 2.45) is 7.05 Å². The second-order valence-corrected chi connectivity index (χ2v) is 8.74. The largest absolute Gasteiger partial charge is 0.299 e. The summed E-state index contributed by atoms with van der Waals surface area (Å²) in [7, 11) is -1.83. The van der Waals surface area contributed by atoms with Gasteiger partial charge in [0.25, 0.3) is 5.56 Å². The molecule has 0 amide bonds. The van der Waals surface area contributed by atoms with Crippen molar-refractivity contribution >= 4 is 10.0 Å². The summed E-state index contributed by atoms with van der Waals surface area (Å²) < 4.78 is 31.3. The summed E-state index contributed by atoms with van der Waals surface area (Å²) >= 11 is 0. The quantitative estimate of drug-likeness (QED) is 0.514. The Labute approximate surface area is 167 Å². The van der Waals surface area contributed by atoms with Crippen molar-refractivity contribution in [2.75, 3.05) is 32.7 Å². The molecule has 11 nitrogen and oxygen atoms in total. The van der Waals surface area contributed by atoms with Crippen molar-refractivity contribution in [3.63, 3.8) is 0 Å². The molecule has 0 unspecified atom stereocenters. The highest BCUT2D eigenvalue weighted by Gasteiger charge is 2.29. The van der Waals surface area contributed by atoms with Gasteiger partial charge in [0.1, 0.15) is 4.90 Å². The molecular weight excluding hydrogens is 396 g/mol. The van der Waals surface area contributed by atoms with E-state index >= 15 is 0 Å². The first-order valence-corrected chi connectivity index (χ1v) is 10.7. The highest BCUT2D eigenvalue weighted by Crippen LogP contribution is 2.16. The van der Waals surface area contributed by atoms with Crippen LogP contribution in [-0.4, -0.2) is 79.7 Å². The van der Waals surface area contributed by atoms with Crippen LogP contribution in [0.1, 0.15) is 0 Å². The Morgan fingerprint density at radius 1 is 1.07 bits per heavy atom. The van der Waals surface area contributed by atoms with E-state index in [1.165, 1.54) is 32.1 Å². The third kappa shape index (κ3) is 4.13. The van der Waals surface area contributed by atoms with E-state index in [-0.39, 0.29) is 10.5 Å². The minimum Gasteiger partial charge on any atom is -0.299 e. The molecule has 3 aromatic heterocycles. The zero-order valence-electron chi connectivity index (χ0n) is 16.0. The molecule has 1 aliphatic heterocycles. The van der Waals surface area contributed by atoms with Crippen molar-refractivity contribution in [1.82, 2.24) is 38.5 Å². The summed E-state index contributed by atoms with van der Waals surface area (Å²) in [6, 6.07) is 4.90. The molecule has 12 heteroatoms. The summed E-state index contributed by atoms with van der Waals surface area (Å²) in [4.78, 5) is 14.4. The monoisotopic (exact) mass is 418 g/mol. The molecular formula is C17H22N8O3S. The van der Waals surface area contributed by atoms with E-state index in [0.29, 0.717) is 45.1 Å². The number of aryl methyl sites for hydroxylation is 1. The van der Waals surface area contributed by atoms with Gasteiger partial charge in [0, 0.05) is 64.4 Å². The Bertz CT molecular complexity index is 1130. The van der Waals surface area contributed by atoms with Crippen LogP contribution < -0.4 is 5.56 Å². The van der Waals surface area contributed by atoms with Crippen LogP contribution in [0.4, 0.5) is 0 Å². The molecule has 4 heterocycles. The predicted octanol–water partition coefficient (Wildman–Crippen LogP) is -0.831. The molecule has 0 aromatic carbocycles. The lowest BCUT2D eigenvalue weighted by Crippen LogP contribution is -2.49. The molecule has 3 aromatic rings. The Morgan fingerprint density at radius 2 is 1.86 bits per heavy atom. The van der Waals surface area contributed by atoms with Crippen LogP contribution >= 0.6 is 0 Å². The van der Waals surface area contributed by atoms with Crippen LogP contribution in [-0.2, 0) is 23.6 Å². The summed E-state index contributed by atoms with van der Waals surface area (Å²) in [6.07, 6.45) is 6.29. The van der Waals surface area contributed by atoms with E-state index in [4.69, 9.17) is 0 Å². The molecule has 0 radical (unpaired) electrons. The molecule has 0 saturated carbocycles. The van der Waals surface area contributed by atoms with Gasteiger partial charge in [-0.2, -0.15) is 14.5 Å². The van der Waals surface area contributed by atoms with Crippen molar-refractivity contribution < 1.29 is 8.42 Å². The lowest BCUT2D eigenvalue weighted by molar-refractivity contribution is 0.180. The molecule has 1 fully saturated rings. The van der Waals surface area contributed by atoms with Gasteiger partial charge < -0.3 is 0 Å². The number of aromatic nitrogens is 6. The summed E-state index contributed by atoms with van der Waals surface area (Å²) in [6.45, 7) is 3.00. The van der Waals surface area contributed by atoms with E-state index in [1.807, 2.05) is 0 Å². The third-order valence-corrected chi connectivity index (χ3v) is 6.72. The Hall–Kier alpha value is -2.83. The standard InChI is InChI=1S/C17H22N8O3S/c1-21-14-15(13-19-21)29(27,28)23-10-7-22(8-11-23)9-12-25-17(26)4-3-16(20-25)24-6-2-5-18-24/h2-6,13-14H,7-12H2,1H3. The number of rotatable bonds is 6. The number of sulfonamides is 1. The van der Waals surface area contributed by atoms with Crippen LogP contribution in [0.2, 0.25) is 0 Å². The van der Waals surface area contributed by atoms with Gasteiger partial charge in [-0.05, 0) is 12.1 Å². The van der Waals surface area contributed by atoms with Crippen molar-refractivity contribution in [3.8, 4) is 5.82 Å². The minimum absolute atomic E-state index is 0.182. The molecule has 0 spiro atoms. The molecule has 0 bridgehead atoms. The van der Waals surface area contributed by atoms with Gasteiger partial charge >= 0.3 is 0 Å².